The van der Waals surface area contributed by atoms with Gasteiger partial charge in [0.2, 0.25) is 5.12 Å². The second-order valence-corrected chi connectivity index (χ2v) is 10.3. The molecule has 0 amide bonds. The Morgan fingerprint density at radius 2 is 1.37 bits per heavy atom. The minimum absolute atomic E-state index is 0.0681. The van der Waals surface area contributed by atoms with Gasteiger partial charge in [0.1, 0.15) is 11.5 Å². The second-order valence-electron chi connectivity index (χ2n) is 9.18. The summed E-state index contributed by atoms with van der Waals surface area (Å²) in [6.45, 7) is 9.58. The van der Waals surface area contributed by atoms with E-state index < -0.39 is 5.97 Å². The van der Waals surface area contributed by atoms with Crippen molar-refractivity contribution in [3.05, 3.63) is 109 Å². The molecule has 0 aliphatic rings. The fraction of sp³-hybridized carbons (Fsp3) is 0.206. The van der Waals surface area contributed by atoms with Gasteiger partial charge in [0.25, 0.3) is 0 Å². The first-order chi connectivity index (χ1) is 19.8. The van der Waals surface area contributed by atoms with Crippen molar-refractivity contribution in [2.75, 3.05) is 13.2 Å². The number of carbonyl (C=O) groups excluding carboxylic acids is 3. The summed E-state index contributed by atoms with van der Waals surface area (Å²) < 4.78 is 16.0. The third-order valence-electron chi connectivity index (χ3n) is 5.83. The molecule has 0 bridgehead atoms. The van der Waals surface area contributed by atoms with Crippen LogP contribution in [-0.4, -0.2) is 30.3 Å². The lowest BCUT2D eigenvalue weighted by Crippen LogP contribution is -2.07. The van der Waals surface area contributed by atoms with Crippen LogP contribution in [0.15, 0.2) is 109 Å². The van der Waals surface area contributed by atoms with E-state index in [9.17, 15) is 14.4 Å². The summed E-state index contributed by atoms with van der Waals surface area (Å²) in [5.74, 6) is 0.396. The smallest absolute Gasteiger partial charge is 0.338 e. The summed E-state index contributed by atoms with van der Waals surface area (Å²) >= 11 is 1.16. The maximum absolute atomic E-state index is 12.5. The highest BCUT2D eigenvalue weighted by atomic mass is 32.2. The van der Waals surface area contributed by atoms with Crippen LogP contribution in [0.2, 0.25) is 0 Å². The minimum Gasteiger partial charge on any atom is -0.494 e. The van der Waals surface area contributed by atoms with Crippen molar-refractivity contribution in [3.8, 4) is 22.6 Å². The fourth-order valence-electron chi connectivity index (χ4n) is 3.59. The molecular weight excluding hydrogens is 536 g/mol. The van der Waals surface area contributed by atoms with Gasteiger partial charge >= 0.3 is 11.9 Å². The number of ether oxygens (including phenoxy) is 3. The number of esters is 2. The molecule has 0 saturated carbocycles. The van der Waals surface area contributed by atoms with E-state index >= 15 is 0 Å². The van der Waals surface area contributed by atoms with E-state index in [0.717, 1.165) is 64.8 Å². The number of thioether (sulfide) groups is 1. The van der Waals surface area contributed by atoms with E-state index in [0.29, 0.717) is 24.5 Å². The average molecular weight is 571 g/mol. The summed E-state index contributed by atoms with van der Waals surface area (Å²) in [4.78, 5) is 35.9. The summed E-state index contributed by atoms with van der Waals surface area (Å²) in [7, 11) is 0. The third-order valence-corrected chi connectivity index (χ3v) is 6.67. The molecular formula is C34H34O6S. The van der Waals surface area contributed by atoms with Gasteiger partial charge in [-0.05, 0) is 104 Å². The first-order valence-electron chi connectivity index (χ1n) is 13.3. The highest BCUT2D eigenvalue weighted by Gasteiger charge is 2.06. The molecule has 0 atom stereocenters. The molecule has 0 aliphatic carbocycles. The number of carbonyl (C=O) groups is 3. The minimum atomic E-state index is -0.450. The standard InChI is InChI=1S/C34H34O6S/c1-4-32(35)39-24-8-6-5-7-23-38-29-18-20-31(21-19-29)41-33(36)22-11-26-9-12-27(13-10-26)28-14-16-30(17-15-28)40-34(37)25(2)3/h4,9-22H,1-2,5-8,23-24H2,3H3/b22-11+. The highest BCUT2D eigenvalue weighted by molar-refractivity contribution is 8.14. The number of unbranched alkanes of at least 4 members (excludes halogenated alkanes) is 3. The van der Waals surface area contributed by atoms with Gasteiger partial charge in [0, 0.05) is 16.5 Å². The van der Waals surface area contributed by atoms with Crippen molar-refractivity contribution in [3.63, 3.8) is 0 Å². The Kier molecular flexibility index (Phi) is 12.7. The summed E-state index contributed by atoms with van der Waals surface area (Å²) in [6, 6.07) is 22.6. The molecule has 0 fully saturated rings. The van der Waals surface area contributed by atoms with Crippen molar-refractivity contribution in [2.45, 2.75) is 37.5 Å². The molecule has 212 valence electrons. The van der Waals surface area contributed by atoms with E-state index in [1.54, 1.807) is 31.2 Å². The largest absolute Gasteiger partial charge is 0.494 e. The van der Waals surface area contributed by atoms with Gasteiger partial charge in [-0.25, -0.2) is 9.59 Å². The molecule has 7 heteroatoms. The Morgan fingerprint density at radius 3 is 1.98 bits per heavy atom. The van der Waals surface area contributed by atoms with Crippen LogP contribution in [-0.2, 0) is 19.1 Å². The lowest BCUT2D eigenvalue weighted by atomic mass is 10.0. The first-order valence-corrected chi connectivity index (χ1v) is 14.2. The van der Waals surface area contributed by atoms with Crippen molar-refractivity contribution in [2.24, 2.45) is 0 Å². The fourth-order valence-corrected chi connectivity index (χ4v) is 4.23. The highest BCUT2D eigenvalue weighted by Crippen LogP contribution is 2.25. The Hall–Kier alpha value is -4.36. The van der Waals surface area contributed by atoms with Crippen LogP contribution in [0.4, 0.5) is 0 Å². The summed E-state index contributed by atoms with van der Waals surface area (Å²) in [6.07, 6.45) is 8.22. The summed E-state index contributed by atoms with van der Waals surface area (Å²) in [5, 5.41) is -0.0681. The van der Waals surface area contributed by atoms with Crippen LogP contribution in [0, 0.1) is 0 Å². The van der Waals surface area contributed by atoms with Gasteiger partial charge in [-0.15, -0.1) is 0 Å². The maximum Gasteiger partial charge on any atom is 0.338 e. The molecule has 0 aromatic heterocycles. The lowest BCUT2D eigenvalue weighted by molar-refractivity contribution is -0.137. The van der Waals surface area contributed by atoms with E-state index in [2.05, 4.69) is 13.2 Å². The lowest BCUT2D eigenvalue weighted by Gasteiger charge is -2.07. The molecule has 3 aromatic rings. The monoisotopic (exact) mass is 570 g/mol. The molecule has 41 heavy (non-hydrogen) atoms. The van der Waals surface area contributed by atoms with Gasteiger partial charge in [-0.3, -0.25) is 4.79 Å². The normalized spacial score (nSPS) is 10.7. The molecule has 3 rings (SSSR count). The van der Waals surface area contributed by atoms with E-state index in [1.165, 1.54) is 6.08 Å². The third kappa shape index (κ3) is 11.3. The molecule has 0 unspecified atom stereocenters. The summed E-state index contributed by atoms with van der Waals surface area (Å²) in [5.41, 5.74) is 3.25. The SMILES string of the molecule is C=CC(=O)OCCCCCCOc1ccc(SC(=O)/C=C/c2ccc(-c3ccc(OC(=O)C(=C)C)cc3)cc2)cc1. The first kappa shape index (κ1) is 31.2. The van der Waals surface area contributed by atoms with Crippen molar-refractivity contribution in [1.82, 2.24) is 0 Å². The molecule has 0 N–H and O–H groups in total. The number of benzene rings is 3. The zero-order valence-corrected chi connectivity index (χ0v) is 24.0. The zero-order valence-electron chi connectivity index (χ0n) is 23.2. The van der Waals surface area contributed by atoms with Gasteiger partial charge in [-0.2, -0.15) is 0 Å². The molecule has 0 heterocycles. The van der Waals surface area contributed by atoms with Gasteiger partial charge < -0.3 is 14.2 Å². The van der Waals surface area contributed by atoms with Gasteiger partial charge in [-0.1, -0.05) is 55.6 Å². The van der Waals surface area contributed by atoms with Crippen molar-refractivity contribution >= 4 is 34.9 Å². The van der Waals surface area contributed by atoms with E-state index in [1.807, 2.05) is 60.7 Å². The van der Waals surface area contributed by atoms with Crippen LogP contribution in [0.1, 0.15) is 38.2 Å². The molecule has 3 aromatic carbocycles. The Labute approximate surface area is 245 Å². The number of hydrogen-bond donors (Lipinski definition) is 0. The Balaban J connectivity index is 1.38. The molecule has 6 nitrogen and oxygen atoms in total. The zero-order chi connectivity index (χ0) is 29.5. The van der Waals surface area contributed by atoms with Crippen LogP contribution < -0.4 is 9.47 Å². The number of hydrogen-bond acceptors (Lipinski definition) is 7. The van der Waals surface area contributed by atoms with Gasteiger partial charge in [0.15, 0.2) is 0 Å². The van der Waals surface area contributed by atoms with Crippen molar-refractivity contribution in [1.29, 1.82) is 0 Å². The second kappa shape index (κ2) is 16.7. The predicted octanol–water partition coefficient (Wildman–Crippen LogP) is 7.84. The van der Waals surface area contributed by atoms with Crippen molar-refractivity contribution < 1.29 is 28.6 Å². The number of rotatable bonds is 15. The van der Waals surface area contributed by atoms with Crippen LogP contribution in [0.3, 0.4) is 0 Å². The molecule has 0 radical (unpaired) electrons. The van der Waals surface area contributed by atoms with Crippen LogP contribution in [0.25, 0.3) is 17.2 Å². The average Bonchev–Trinajstić information content (AvgIpc) is 2.98. The Morgan fingerprint density at radius 1 is 0.780 bits per heavy atom. The predicted molar refractivity (Wildman–Crippen MR) is 164 cm³/mol. The Bertz CT molecular complexity index is 1360. The topological polar surface area (TPSA) is 78.9 Å². The quantitative estimate of drug-likeness (QED) is 0.0606. The molecule has 0 saturated heterocycles. The van der Waals surface area contributed by atoms with Crippen LogP contribution in [0.5, 0.6) is 11.5 Å². The molecule has 0 spiro atoms. The van der Waals surface area contributed by atoms with E-state index in [-0.39, 0.29) is 11.1 Å². The van der Waals surface area contributed by atoms with E-state index in [4.69, 9.17) is 14.2 Å². The van der Waals surface area contributed by atoms with Gasteiger partial charge in [0.05, 0.1) is 13.2 Å². The maximum atomic E-state index is 12.5. The van der Waals surface area contributed by atoms with Crippen LogP contribution >= 0.6 is 11.8 Å². The molecule has 0 aliphatic heterocycles.